The quantitative estimate of drug-likeness (QED) is 0.841. The molecular weight excluding hydrogens is 385 g/mol. The van der Waals surface area contributed by atoms with Gasteiger partial charge in [-0.25, -0.2) is 0 Å². The first kappa shape index (κ1) is 19.7. The molecular formula is C20H21Cl2N3O2. The number of amides is 2. The molecule has 7 heteroatoms. The molecule has 5 nitrogen and oxygen atoms in total. The minimum atomic E-state index is -0.311. The number of rotatable bonds is 4. The third kappa shape index (κ3) is 4.80. The Balaban J connectivity index is 1.55. The van der Waals surface area contributed by atoms with Crippen LogP contribution in [0.25, 0.3) is 0 Å². The Kier molecular flexibility index (Phi) is 6.37. The van der Waals surface area contributed by atoms with E-state index in [0.717, 1.165) is 0 Å². The summed E-state index contributed by atoms with van der Waals surface area (Å²) >= 11 is 12.0. The van der Waals surface area contributed by atoms with E-state index in [1.165, 1.54) is 0 Å². The van der Waals surface area contributed by atoms with Crippen molar-refractivity contribution in [1.29, 1.82) is 0 Å². The zero-order valence-corrected chi connectivity index (χ0v) is 16.5. The lowest BCUT2D eigenvalue weighted by Crippen LogP contribution is -2.54. The van der Waals surface area contributed by atoms with Crippen LogP contribution in [0.1, 0.15) is 17.3 Å². The van der Waals surface area contributed by atoms with Gasteiger partial charge in [-0.3, -0.25) is 14.5 Å². The van der Waals surface area contributed by atoms with Crippen LogP contribution in [0.15, 0.2) is 48.5 Å². The molecule has 1 aliphatic heterocycles. The van der Waals surface area contributed by atoms with Crippen LogP contribution in [0.5, 0.6) is 0 Å². The number of anilines is 1. The summed E-state index contributed by atoms with van der Waals surface area (Å²) in [5, 5.41) is 3.98. The number of halogens is 2. The molecule has 0 bridgehead atoms. The topological polar surface area (TPSA) is 52.7 Å². The van der Waals surface area contributed by atoms with Gasteiger partial charge in [0.15, 0.2) is 0 Å². The van der Waals surface area contributed by atoms with Gasteiger partial charge in [-0.2, -0.15) is 0 Å². The van der Waals surface area contributed by atoms with Gasteiger partial charge in [0.25, 0.3) is 5.91 Å². The fourth-order valence-electron chi connectivity index (χ4n) is 3.05. The molecule has 0 spiro atoms. The van der Waals surface area contributed by atoms with Crippen LogP contribution < -0.4 is 5.32 Å². The number of para-hydroxylation sites is 1. The summed E-state index contributed by atoms with van der Waals surface area (Å²) in [5.74, 6) is -0.125. The summed E-state index contributed by atoms with van der Waals surface area (Å²) in [5.41, 5.74) is 1.23. The van der Waals surface area contributed by atoms with Crippen molar-refractivity contribution in [3.63, 3.8) is 0 Å². The van der Waals surface area contributed by atoms with Crippen LogP contribution >= 0.6 is 23.2 Å². The third-order valence-corrected chi connectivity index (χ3v) is 5.33. The molecule has 1 fully saturated rings. The average molecular weight is 406 g/mol. The minimum Gasteiger partial charge on any atom is -0.336 e. The summed E-state index contributed by atoms with van der Waals surface area (Å²) in [4.78, 5) is 29.0. The maximum Gasteiger partial charge on any atom is 0.253 e. The van der Waals surface area contributed by atoms with E-state index in [2.05, 4.69) is 10.2 Å². The Morgan fingerprint density at radius 1 is 0.963 bits per heavy atom. The molecule has 0 radical (unpaired) electrons. The van der Waals surface area contributed by atoms with Crippen molar-refractivity contribution in [1.82, 2.24) is 9.80 Å². The largest absolute Gasteiger partial charge is 0.336 e. The summed E-state index contributed by atoms with van der Waals surface area (Å²) in [6.45, 7) is 4.28. The third-order valence-electron chi connectivity index (χ3n) is 4.75. The van der Waals surface area contributed by atoms with Crippen LogP contribution in [0.4, 0.5) is 5.69 Å². The molecule has 2 aromatic carbocycles. The monoisotopic (exact) mass is 405 g/mol. The Bertz CT molecular complexity index is 818. The number of piperazine rings is 1. The first-order valence-electron chi connectivity index (χ1n) is 8.80. The Labute approximate surface area is 168 Å². The van der Waals surface area contributed by atoms with Crippen molar-refractivity contribution >= 4 is 40.7 Å². The number of carbonyl (C=O) groups is 2. The van der Waals surface area contributed by atoms with E-state index in [-0.39, 0.29) is 17.9 Å². The maximum atomic E-state index is 12.6. The van der Waals surface area contributed by atoms with Crippen molar-refractivity contribution in [2.45, 2.75) is 13.0 Å². The fourth-order valence-corrected chi connectivity index (χ4v) is 3.36. The second-order valence-electron chi connectivity index (χ2n) is 6.48. The number of carbonyl (C=O) groups excluding carboxylic acids is 2. The van der Waals surface area contributed by atoms with Gasteiger partial charge in [0.1, 0.15) is 0 Å². The lowest BCUT2D eigenvalue weighted by molar-refractivity contribution is -0.121. The molecule has 27 heavy (non-hydrogen) atoms. The van der Waals surface area contributed by atoms with Crippen molar-refractivity contribution in [2.24, 2.45) is 0 Å². The van der Waals surface area contributed by atoms with E-state index < -0.39 is 0 Å². The average Bonchev–Trinajstić information content (AvgIpc) is 2.69. The number of benzene rings is 2. The van der Waals surface area contributed by atoms with E-state index in [1.54, 1.807) is 41.3 Å². The van der Waals surface area contributed by atoms with Crippen LogP contribution in [0, 0.1) is 0 Å². The predicted octanol–water partition coefficient (Wildman–Crippen LogP) is 3.78. The highest BCUT2D eigenvalue weighted by Gasteiger charge is 2.28. The van der Waals surface area contributed by atoms with Gasteiger partial charge >= 0.3 is 0 Å². The zero-order chi connectivity index (χ0) is 19.4. The molecule has 1 atom stereocenters. The zero-order valence-electron chi connectivity index (χ0n) is 15.0. The van der Waals surface area contributed by atoms with Crippen molar-refractivity contribution in [3.8, 4) is 0 Å². The van der Waals surface area contributed by atoms with Gasteiger partial charge in [-0.15, -0.1) is 0 Å². The Hall–Kier alpha value is -2.08. The fraction of sp³-hybridized carbons (Fsp3) is 0.300. The molecule has 1 aliphatic rings. The minimum absolute atomic E-state index is 0.0144. The van der Waals surface area contributed by atoms with E-state index in [4.69, 9.17) is 23.2 Å². The lowest BCUT2D eigenvalue weighted by Gasteiger charge is -2.37. The van der Waals surface area contributed by atoms with E-state index >= 15 is 0 Å². The molecule has 3 rings (SSSR count). The van der Waals surface area contributed by atoms with Crippen LogP contribution in [0.3, 0.4) is 0 Å². The van der Waals surface area contributed by atoms with Gasteiger partial charge in [-0.05, 0) is 43.3 Å². The lowest BCUT2D eigenvalue weighted by atomic mass is 10.1. The van der Waals surface area contributed by atoms with Gasteiger partial charge in [0.05, 0.1) is 16.8 Å². The SMILES string of the molecule is CC(C(=O)Nc1ccccc1Cl)N1CCN(C(=O)c2ccc(Cl)cc2)CC1. The molecule has 1 saturated heterocycles. The summed E-state index contributed by atoms with van der Waals surface area (Å²) in [6.07, 6.45) is 0. The van der Waals surface area contributed by atoms with Crippen molar-refractivity contribution < 1.29 is 9.59 Å². The molecule has 1 unspecified atom stereocenters. The molecule has 0 aromatic heterocycles. The summed E-state index contributed by atoms with van der Waals surface area (Å²) in [7, 11) is 0. The molecule has 1 heterocycles. The highest BCUT2D eigenvalue weighted by molar-refractivity contribution is 6.33. The van der Waals surface area contributed by atoms with E-state index in [0.29, 0.717) is 47.5 Å². The molecule has 2 aromatic rings. The Morgan fingerprint density at radius 2 is 1.59 bits per heavy atom. The van der Waals surface area contributed by atoms with Gasteiger partial charge in [0, 0.05) is 36.8 Å². The van der Waals surface area contributed by atoms with Crippen LogP contribution in [-0.2, 0) is 4.79 Å². The van der Waals surface area contributed by atoms with Crippen molar-refractivity contribution in [3.05, 3.63) is 64.1 Å². The number of nitrogens with zero attached hydrogens (tertiary/aromatic N) is 2. The van der Waals surface area contributed by atoms with Gasteiger partial charge < -0.3 is 10.2 Å². The standard InChI is InChI=1S/C20H21Cl2N3O2/c1-14(19(26)23-18-5-3-2-4-17(18)22)24-10-12-25(13-11-24)20(27)15-6-8-16(21)9-7-15/h2-9,14H,10-13H2,1H3,(H,23,26). The molecule has 0 saturated carbocycles. The second kappa shape index (κ2) is 8.74. The summed E-state index contributed by atoms with van der Waals surface area (Å²) < 4.78 is 0. The van der Waals surface area contributed by atoms with Gasteiger partial charge in [-0.1, -0.05) is 35.3 Å². The molecule has 0 aliphatic carbocycles. The smallest absolute Gasteiger partial charge is 0.253 e. The van der Waals surface area contributed by atoms with E-state index in [1.807, 2.05) is 19.1 Å². The highest BCUT2D eigenvalue weighted by Crippen LogP contribution is 2.21. The number of hydrogen-bond acceptors (Lipinski definition) is 3. The summed E-state index contributed by atoms with van der Waals surface area (Å²) in [6, 6.07) is 13.7. The number of hydrogen-bond donors (Lipinski definition) is 1. The number of nitrogens with one attached hydrogen (secondary N) is 1. The van der Waals surface area contributed by atoms with Crippen LogP contribution in [-0.4, -0.2) is 53.8 Å². The van der Waals surface area contributed by atoms with Crippen molar-refractivity contribution in [2.75, 3.05) is 31.5 Å². The highest BCUT2D eigenvalue weighted by atomic mass is 35.5. The second-order valence-corrected chi connectivity index (χ2v) is 7.32. The van der Waals surface area contributed by atoms with Crippen LogP contribution in [0.2, 0.25) is 10.0 Å². The molecule has 142 valence electrons. The molecule has 2 amide bonds. The Morgan fingerprint density at radius 3 is 2.22 bits per heavy atom. The molecule has 1 N–H and O–H groups in total. The first-order valence-corrected chi connectivity index (χ1v) is 9.55. The maximum absolute atomic E-state index is 12.6. The van der Waals surface area contributed by atoms with E-state index in [9.17, 15) is 9.59 Å². The van der Waals surface area contributed by atoms with Gasteiger partial charge in [0.2, 0.25) is 5.91 Å². The predicted molar refractivity (Wildman–Crippen MR) is 108 cm³/mol. The normalized spacial score (nSPS) is 16.0. The first-order chi connectivity index (χ1) is 13.0.